The van der Waals surface area contributed by atoms with Crippen LogP contribution in [0.4, 0.5) is 0 Å². The van der Waals surface area contributed by atoms with Gasteiger partial charge in [-0.1, -0.05) is 20.8 Å². The Labute approximate surface area is 82.1 Å². The highest BCUT2D eigenvalue weighted by Gasteiger charge is 2.10. The third-order valence-corrected chi connectivity index (χ3v) is 1.86. The van der Waals surface area contributed by atoms with Crippen molar-refractivity contribution in [2.45, 2.75) is 53.5 Å². The van der Waals surface area contributed by atoms with Crippen molar-refractivity contribution >= 4 is 5.91 Å². The van der Waals surface area contributed by atoms with Gasteiger partial charge >= 0.3 is 0 Å². The number of amides is 1. The first-order valence-corrected chi connectivity index (χ1v) is 5.21. The Hall–Kier alpha value is -0.530. The SMILES string of the molecule is CC(C)C[C@H](C)CC(=O)NC(C)C. The van der Waals surface area contributed by atoms with E-state index in [-0.39, 0.29) is 11.9 Å². The first-order valence-electron chi connectivity index (χ1n) is 5.21. The van der Waals surface area contributed by atoms with Crippen LogP contribution in [0.25, 0.3) is 0 Å². The van der Waals surface area contributed by atoms with E-state index < -0.39 is 0 Å². The van der Waals surface area contributed by atoms with E-state index in [4.69, 9.17) is 0 Å². The third-order valence-electron chi connectivity index (χ3n) is 1.86. The lowest BCUT2D eigenvalue weighted by molar-refractivity contribution is -0.122. The molecule has 0 spiro atoms. The predicted octanol–water partition coefficient (Wildman–Crippen LogP) is 2.58. The number of hydrogen-bond donors (Lipinski definition) is 1. The van der Waals surface area contributed by atoms with Crippen LogP contribution in [0.2, 0.25) is 0 Å². The highest BCUT2D eigenvalue weighted by Crippen LogP contribution is 2.14. The van der Waals surface area contributed by atoms with E-state index in [0.29, 0.717) is 18.3 Å². The minimum Gasteiger partial charge on any atom is -0.354 e. The summed E-state index contributed by atoms with van der Waals surface area (Å²) in [5.41, 5.74) is 0. The Balaban J connectivity index is 3.65. The fraction of sp³-hybridized carbons (Fsp3) is 0.909. The Bertz CT molecular complexity index is 152. The van der Waals surface area contributed by atoms with Crippen LogP contribution in [0, 0.1) is 11.8 Å². The molecule has 0 aromatic carbocycles. The maximum atomic E-state index is 11.3. The Morgan fingerprint density at radius 2 is 1.69 bits per heavy atom. The molecule has 1 N–H and O–H groups in total. The molecule has 0 heterocycles. The lowest BCUT2D eigenvalue weighted by Crippen LogP contribution is -2.31. The monoisotopic (exact) mass is 185 g/mol. The zero-order valence-electron chi connectivity index (χ0n) is 9.55. The molecule has 13 heavy (non-hydrogen) atoms. The molecule has 1 amide bonds. The van der Waals surface area contributed by atoms with Gasteiger partial charge in [-0.15, -0.1) is 0 Å². The lowest BCUT2D eigenvalue weighted by Gasteiger charge is -2.14. The van der Waals surface area contributed by atoms with Crippen LogP contribution in [0.5, 0.6) is 0 Å². The second-order valence-electron chi connectivity index (χ2n) is 4.66. The number of rotatable bonds is 5. The molecule has 0 aromatic heterocycles. The zero-order valence-corrected chi connectivity index (χ0v) is 9.55. The van der Waals surface area contributed by atoms with Crippen molar-refractivity contribution in [2.24, 2.45) is 11.8 Å². The van der Waals surface area contributed by atoms with Crippen LogP contribution < -0.4 is 5.32 Å². The number of carbonyl (C=O) groups excluding carboxylic acids is 1. The summed E-state index contributed by atoms with van der Waals surface area (Å²) in [6.07, 6.45) is 1.79. The van der Waals surface area contributed by atoms with E-state index in [0.717, 1.165) is 6.42 Å². The average molecular weight is 185 g/mol. The van der Waals surface area contributed by atoms with Crippen LogP contribution in [0.1, 0.15) is 47.5 Å². The van der Waals surface area contributed by atoms with Crippen LogP contribution in [0.15, 0.2) is 0 Å². The molecule has 2 heteroatoms. The van der Waals surface area contributed by atoms with Crippen molar-refractivity contribution < 1.29 is 4.79 Å². The predicted molar refractivity (Wildman–Crippen MR) is 56.5 cm³/mol. The second kappa shape index (κ2) is 6.01. The molecule has 0 rings (SSSR count). The fourth-order valence-corrected chi connectivity index (χ4v) is 1.59. The summed E-state index contributed by atoms with van der Waals surface area (Å²) in [6, 6.07) is 0.263. The standard InChI is InChI=1S/C11H23NO/c1-8(2)6-10(5)7-11(13)12-9(3)4/h8-10H,6-7H2,1-5H3,(H,12,13)/t10-/m0/s1. The fourth-order valence-electron chi connectivity index (χ4n) is 1.59. The molecule has 0 radical (unpaired) electrons. The Morgan fingerprint density at radius 1 is 1.15 bits per heavy atom. The summed E-state index contributed by atoms with van der Waals surface area (Å²) >= 11 is 0. The molecular weight excluding hydrogens is 162 g/mol. The normalized spacial score (nSPS) is 13.5. The van der Waals surface area contributed by atoms with Crippen molar-refractivity contribution in [2.75, 3.05) is 0 Å². The minimum atomic E-state index is 0.183. The Kier molecular flexibility index (Phi) is 5.76. The quantitative estimate of drug-likeness (QED) is 0.701. The molecular formula is C11H23NO. The van der Waals surface area contributed by atoms with E-state index in [1.165, 1.54) is 0 Å². The summed E-state index contributed by atoms with van der Waals surface area (Å²) in [5, 5.41) is 2.91. The molecule has 78 valence electrons. The highest BCUT2D eigenvalue weighted by molar-refractivity contribution is 5.76. The molecule has 0 aliphatic heterocycles. The lowest BCUT2D eigenvalue weighted by atomic mass is 9.96. The number of carbonyl (C=O) groups is 1. The molecule has 0 aliphatic rings. The third kappa shape index (κ3) is 7.82. The van der Waals surface area contributed by atoms with Gasteiger partial charge in [-0.25, -0.2) is 0 Å². The van der Waals surface area contributed by atoms with Gasteiger partial charge in [-0.3, -0.25) is 4.79 Å². The molecule has 0 bridgehead atoms. The summed E-state index contributed by atoms with van der Waals surface area (Å²) in [6.45, 7) is 10.5. The Morgan fingerprint density at radius 3 is 2.08 bits per heavy atom. The average Bonchev–Trinajstić information content (AvgIpc) is 1.80. The van der Waals surface area contributed by atoms with Gasteiger partial charge in [-0.05, 0) is 32.1 Å². The van der Waals surface area contributed by atoms with Crippen molar-refractivity contribution in [3.05, 3.63) is 0 Å². The van der Waals surface area contributed by atoms with Crippen LogP contribution >= 0.6 is 0 Å². The van der Waals surface area contributed by atoms with Gasteiger partial charge in [0.2, 0.25) is 5.91 Å². The number of hydrogen-bond acceptors (Lipinski definition) is 1. The van der Waals surface area contributed by atoms with Gasteiger partial charge < -0.3 is 5.32 Å². The van der Waals surface area contributed by atoms with Gasteiger partial charge in [0.05, 0.1) is 0 Å². The van der Waals surface area contributed by atoms with Gasteiger partial charge in [0, 0.05) is 12.5 Å². The smallest absolute Gasteiger partial charge is 0.220 e. The molecule has 1 atom stereocenters. The molecule has 0 aliphatic carbocycles. The van der Waals surface area contributed by atoms with E-state index in [2.05, 4.69) is 26.1 Å². The van der Waals surface area contributed by atoms with E-state index >= 15 is 0 Å². The summed E-state index contributed by atoms with van der Waals surface area (Å²) in [7, 11) is 0. The van der Waals surface area contributed by atoms with Gasteiger partial charge in [0.1, 0.15) is 0 Å². The van der Waals surface area contributed by atoms with E-state index in [1.54, 1.807) is 0 Å². The van der Waals surface area contributed by atoms with Gasteiger partial charge in [0.25, 0.3) is 0 Å². The van der Waals surface area contributed by atoms with Crippen molar-refractivity contribution in [1.29, 1.82) is 0 Å². The molecule has 0 saturated carbocycles. The van der Waals surface area contributed by atoms with Gasteiger partial charge in [-0.2, -0.15) is 0 Å². The second-order valence-corrected chi connectivity index (χ2v) is 4.66. The first kappa shape index (κ1) is 12.5. The maximum absolute atomic E-state index is 11.3. The molecule has 0 saturated heterocycles. The van der Waals surface area contributed by atoms with Gasteiger partial charge in [0.15, 0.2) is 0 Å². The maximum Gasteiger partial charge on any atom is 0.220 e. The molecule has 0 aromatic rings. The molecule has 2 nitrogen and oxygen atoms in total. The van der Waals surface area contributed by atoms with Crippen molar-refractivity contribution in [3.8, 4) is 0 Å². The molecule has 0 unspecified atom stereocenters. The van der Waals surface area contributed by atoms with E-state index in [1.807, 2.05) is 13.8 Å². The minimum absolute atomic E-state index is 0.183. The molecule has 0 fully saturated rings. The van der Waals surface area contributed by atoms with E-state index in [9.17, 15) is 4.79 Å². The van der Waals surface area contributed by atoms with Crippen LogP contribution in [-0.2, 0) is 4.79 Å². The highest BCUT2D eigenvalue weighted by atomic mass is 16.1. The zero-order chi connectivity index (χ0) is 10.4. The topological polar surface area (TPSA) is 29.1 Å². The number of nitrogens with one attached hydrogen (secondary N) is 1. The van der Waals surface area contributed by atoms with Crippen LogP contribution in [-0.4, -0.2) is 11.9 Å². The summed E-state index contributed by atoms with van der Waals surface area (Å²) < 4.78 is 0. The largest absolute Gasteiger partial charge is 0.354 e. The van der Waals surface area contributed by atoms with Crippen LogP contribution in [0.3, 0.4) is 0 Å². The first-order chi connectivity index (χ1) is 5.91. The van der Waals surface area contributed by atoms with Crippen molar-refractivity contribution in [3.63, 3.8) is 0 Å². The summed E-state index contributed by atoms with van der Waals surface area (Å²) in [4.78, 5) is 11.3. The summed E-state index contributed by atoms with van der Waals surface area (Å²) in [5.74, 6) is 1.36. The van der Waals surface area contributed by atoms with Crippen molar-refractivity contribution in [1.82, 2.24) is 5.32 Å².